The second-order valence-corrected chi connectivity index (χ2v) is 3.94. The smallest absolute Gasteiger partial charge is 0.259 e. The van der Waals surface area contributed by atoms with Crippen molar-refractivity contribution in [1.82, 2.24) is 4.90 Å². The normalized spacial score (nSPS) is 12.0. The molecule has 4 heteroatoms. The van der Waals surface area contributed by atoms with Crippen molar-refractivity contribution in [2.24, 2.45) is 5.73 Å². The summed E-state index contributed by atoms with van der Waals surface area (Å²) in [7, 11) is 3.40. The third-order valence-electron chi connectivity index (χ3n) is 2.24. The van der Waals surface area contributed by atoms with E-state index in [0.29, 0.717) is 5.75 Å². The molecule has 1 aromatic carbocycles. The molecule has 16 heavy (non-hydrogen) atoms. The number of nitrogens with two attached hydrogens (primary N) is 1. The van der Waals surface area contributed by atoms with Gasteiger partial charge in [0, 0.05) is 20.1 Å². The topological polar surface area (TPSA) is 55.6 Å². The second-order valence-electron chi connectivity index (χ2n) is 3.94. The molecule has 1 aromatic rings. The molecule has 1 amide bonds. The average Bonchev–Trinajstić information content (AvgIpc) is 2.26. The quantitative estimate of drug-likeness (QED) is 0.832. The molecule has 0 saturated heterocycles. The number of ether oxygens (including phenoxy) is 1. The second kappa shape index (κ2) is 5.51. The fourth-order valence-corrected chi connectivity index (χ4v) is 1.16. The van der Waals surface area contributed by atoms with Crippen LogP contribution in [0.15, 0.2) is 24.3 Å². The fraction of sp³-hybridized carbons (Fsp3) is 0.417. The Labute approximate surface area is 96.0 Å². The molecule has 0 unspecified atom stereocenters. The van der Waals surface area contributed by atoms with E-state index < -0.39 is 0 Å². The molecule has 0 radical (unpaired) electrons. The van der Waals surface area contributed by atoms with Crippen molar-refractivity contribution < 1.29 is 9.53 Å². The summed E-state index contributed by atoms with van der Waals surface area (Å²) in [5.41, 5.74) is 6.75. The van der Waals surface area contributed by atoms with Gasteiger partial charge in [0.1, 0.15) is 5.75 Å². The van der Waals surface area contributed by atoms with Gasteiger partial charge in [-0.3, -0.25) is 4.79 Å². The molecule has 0 heterocycles. The van der Waals surface area contributed by atoms with Gasteiger partial charge in [-0.2, -0.15) is 0 Å². The van der Waals surface area contributed by atoms with E-state index in [1.807, 2.05) is 31.2 Å². The molecule has 0 aliphatic heterocycles. The Bertz CT molecular complexity index is 362. The summed E-state index contributed by atoms with van der Waals surface area (Å²) < 4.78 is 5.37. The highest BCUT2D eigenvalue weighted by atomic mass is 16.5. The molecule has 1 rings (SSSR count). The van der Waals surface area contributed by atoms with Crippen molar-refractivity contribution in [2.45, 2.75) is 13.0 Å². The van der Waals surface area contributed by atoms with Crippen LogP contribution in [0.2, 0.25) is 0 Å². The van der Waals surface area contributed by atoms with Crippen LogP contribution in [-0.2, 0) is 4.79 Å². The van der Waals surface area contributed by atoms with Gasteiger partial charge in [-0.15, -0.1) is 0 Å². The summed E-state index contributed by atoms with van der Waals surface area (Å²) in [5.74, 6) is 0.608. The summed E-state index contributed by atoms with van der Waals surface area (Å²) in [5, 5.41) is 0. The van der Waals surface area contributed by atoms with Crippen LogP contribution in [-0.4, -0.2) is 31.5 Å². The summed E-state index contributed by atoms with van der Waals surface area (Å²) in [6.45, 7) is 1.96. The van der Waals surface area contributed by atoms with Crippen LogP contribution < -0.4 is 10.5 Å². The van der Waals surface area contributed by atoms with E-state index in [-0.39, 0.29) is 18.6 Å². The molecule has 0 aromatic heterocycles. The first-order valence-electron chi connectivity index (χ1n) is 5.19. The maximum absolute atomic E-state index is 11.3. The summed E-state index contributed by atoms with van der Waals surface area (Å²) in [4.78, 5) is 12.8. The zero-order valence-electron chi connectivity index (χ0n) is 9.93. The van der Waals surface area contributed by atoms with E-state index in [4.69, 9.17) is 10.5 Å². The summed E-state index contributed by atoms with van der Waals surface area (Å²) in [6.07, 6.45) is 0. The van der Waals surface area contributed by atoms with Gasteiger partial charge < -0.3 is 15.4 Å². The number of hydrogen-bond acceptors (Lipinski definition) is 3. The molecule has 0 saturated carbocycles. The van der Waals surface area contributed by atoms with Crippen LogP contribution >= 0.6 is 0 Å². The highest BCUT2D eigenvalue weighted by molar-refractivity contribution is 5.77. The van der Waals surface area contributed by atoms with Gasteiger partial charge in [0.2, 0.25) is 0 Å². The lowest BCUT2D eigenvalue weighted by molar-refractivity contribution is -0.130. The van der Waals surface area contributed by atoms with Crippen LogP contribution in [0.4, 0.5) is 0 Å². The van der Waals surface area contributed by atoms with E-state index in [1.54, 1.807) is 14.1 Å². The Morgan fingerprint density at radius 3 is 2.75 bits per heavy atom. The maximum Gasteiger partial charge on any atom is 0.259 e. The van der Waals surface area contributed by atoms with Gasteiger partial charge in [0.25, 0.3) is 5.91 Å². The molecular formula is C12H18N2O2. The number of hydrogen-bond donors (Lipinski definition) is 1. The zero-order chi connectivity index (χ0) is 12.1. The minimum absolute atomic E-state index is 0.0342. The number of rotatable bonds is 4. The summed E-state index contributed by atoms with van der Waals surface area (Å²) >= 11 is 0. The van der Waals surface area contributed by atoms with Crippen LogP contribution in [0.5, 0.6) is 5.75 Å². The molecule has 0 spiro atoms. The lowest BCUT2D eigenvalue weighted by Crippen LogP contribution is -2.27. The van der Waals surface area contributed by atoms with E-state index in [9.17, 15) is 4.79 Å². The third kappa shape index (κ3) is 3.55. The van der Waals surface area contributed by atoms with Crippen molar-refractivity contribution in [1.29, 1.82) is 0 Å². The van der Waals surface area contributed by atoms with Gasteiger partial charge in [-0.1, -0.05) is 12.1 Å². The Morgan fingerprint density at radius 1 is 1.50 bits per heavy atom. The summed E-state index contributed by atoms with van der Waals surface area (Å²) in [6, 6.07) is 7.44. The Morgan fingerprint density at radius 2 is 2.19 bits per heavy atom. The number of likely N-dealkylation sites (N-methyl/N-ethyl adjacent to an activating group) is 1. The first-order chi connectivity index (χ1) is 7.50. The molecule has 2 N–H and O–H groups in total. The number of carbonyl (C=O) groups excluding carboxylic acids is 1. The first kappa shape index (κ1) is 12.5. The number of benzene rings is 1. The molecule has 0 aliphatic carbocycles. The van der Waals surface area contributed by atoms with Gasteiger partial charge in [-0.05, 0) is 24.6 Å². The lowest BCUT2D eigenvalue weighted by atomic mass is 10.1. The number of nitrogens with zero attached hydrogens (tertiary/aromatic N) is 1. The predicted octanol–water partition coefficient (Wildman–Crippen LogP) is 1.17. The van der Waals surface area contributed by atoms with Crippen molar-refractivity contribution in [3.05, 3.63) is 29.8 Å². The van der Waals surface area contributed by atoms with E-state index >= 15 is 0 Å². The van der Waals surface area contributed by atoms with Gasteiger partial charge >= 0.3 is 0 Å². The Balaban J connectivity index is 2.61. The molecule has 0 bridgehead atoms. The van der Waals surface area contributed by atoms with Crippen LogP contribution in [0.3, 0.4) is 0 Å². The van der Waals surface area contributed by atoms with Crippen LogP contribution in [0, 0.1) is 0 Å². The fourth-order valence-electron chi connectivity index (χ4n) is 1.16. The number of carbonyl (C=O) groups is 1. The molecule has 0 fully saturated rings. The average molecular weight is 222 g/mol. The van der Waals surface area contributed by atoms with Gasteiger partial charge in [0.05, 0.1) is 0 Å². The van der Waals surface area contributed by atoms with Gasteiger partial charge in [0.15, 0.2) is 6.61 Å². The lowest BCUT2D eigenvalue weighted by Gasteiger charge is -2.12. The van der Waals surface area contributed by atoms with Crippen LogP contribution in [0.1, 0.15) is 18.5 Å². The van der Waals surface area contributed by atoms with Crippen LogP contribution in [0.25, 0.3) is 0 Å². The molecule has 1 atom stereocenters. The van der Waals surface area contributed by atoms with Crippen molar-refractivity contribution in [3.8, 4) is 5.75 Å². The van der Waals surface area contributed by atoms with Gasteiger partial charge in [-0.25, -0.2) is 0 Å². The van der Waals surface area contributed by atoms with Crippen molar-refractivity contribution >= 4 is 5.91 Å². The number of amides is 1. The standard InChI is InChI=1S/C12H18N2O2/c1-9(13)10-5-4-6-11(7-10)16-8-12(15)14(2)3/h4-7,9H,8,13H2,1-3H3/t9-/m1/s1. The molecule has 0 aliphatic rings. The minimum Gasteiger partial charge on any atom is -0.484 e. The highest BCUT2D eigenvalue weighted by Gasteiger charge is 2.06. The van der Waals surface area contributed by atoms with E-state index in [0.717, 1.165) is 5.56 Å². The van der Waals surface area contributed by atoms with Crippen molar-refractivity contribution in [2.75, 3.05) is 20.7 Å². The minimum atomic E-state index is -0.0637. The monoisotopic (exact) mass is 222 g/mol. The predicted molar refractivity (Wildman–Crippen MR) is 63.2 cm³/mol. The maximum atomic E-state index is 11.3. The largest absolute Gasteiger partial charge is 0.484 e. The Kier molecular flexibility index (Phi) is 4.31. The Hall–Kier alpha value is -1.55. The SMILES string of the molecule is C[C@@H](N)c1cccc(OCC(=O)N(C)C)c1. The highest BCUT2D eigenvalue weighted by Crippen LogP contribution is 2.17. The molecule has 88 valence electrons. The van der Waals surface area contributed by atoms with Crippen molar-refractivity contribution in [3.63, 3.8) is 0 Å². The van der Waals surface area contributed by atoms with E-state index in [1.165, 1.54) is 4.90 Å². The zero-order valence-corrected chi connectivity index (χ0v) is 9.93. The van der Waals surface area contributed by atoms with E-state index in [2.05, 4.69) is 0 Å². The third-order valence-corrected chi connectivity index (χ3v) is 2.24. The first-order valence-corrected chi connectivity index (χ1v) is 5.19. The molecular weight excluding hydrogens is 204 g/mol. The molecule has 4 nitrogen and oxygen atoms in total.